The van der Waals surface area contributed by atoms with Gasteiger partial charge < -0.3 is 9.01 Å². The van der Waals surface area contributed by atoms with E-state index in [1.165, 1.54) is 6.26 Å². The molecule has 0 aliphatic rings. The first-order valence-corrected chi connectivity index (χ1v) is 6.21. The van der Waals surface area contributed by atoms with Gasteiger partial charge in [0.25, 0.3) is 0 Å². The van der Waals surface area contributed by atoms with Crippen molar-refractivity contribution in [2.45, 2.75) is 13.8 Å². The Hall–Kier alpha value is -0.350. The number of hydrogen-bond acceptors (Lipinski definition) is 3. The summed E-state index contributed by atoms with van der Waals surface area (Å²) >= 11 is 0. The van der Waals surface area contributed by atoms with Crippen molar-refractivity contribution in [2.75, 3.05) is 34.3 Å². The summed E-state index contributed by atoms with van der Waals surface area (Å²) in [5.41, 5.74) is 0.805. The molecule has 15 heavy (non-hydrogen) atoms. The van der Waals surface area contributed by atoms with E-state index in [1.54, 1.807) is 13.8 Å². The molecule has 0 saturated heterocycles. The van der Waals surface area contributed by atoms with Crippen molar-refractivity contribution in [3.63, 3.8) is 0 Å². The van der Waals surface area contributed by atoms with Gasteiger partial charge in [-0.05, 0) is 19.4 Å². The van der Waals surface area contributed by atoms with Gasteiger partial charge in [0.2, 0.25) is 0 Å². The fraction of sp³-hybridized carbons (Fsp3) is 0.778. The SMILES string of the molecule is CC(C)=COP(=O)(O)OCC[N+](C)(C)C. The van der Waals surface area contributed by atoms with Crippen LogP contribution in [0.15, 0.2) is 11.8 Å². The summed E-state index contributed by atoms with van der Waals surface area (Å²) in [4.78, 5) is 9.22. The average Bonchev–Trinajstić information content (AvgIpc) is 1.98. The fourth-order valence-corrected chi connectivity index (χ4v) is 1.35. The number of allylic oxidation sites excluding steroid dienone is 1. The third-order valence-corrected chi connectivity index (χ3v) is 2.32. The molecule has 0 aliphatic heterocycles. The van der Waals surface area contributed by atoms with Crippen LogP contribution in [0.2, 0.25) is 0 Å². The topological polar surface area (TPSA) is 55.8 Å². The van der Waals surface area contributed by atoms with Gasteiger partial charge in [-0.15, -0.1) is 0 Å². The number of nitrogens with zero attached hydrogens (tertiary/aromatic N) is 1. The maximum Gasteiger partial charge on any atom is 0.527 e. The zero-order valence-corrected chi connectivity index (χ0v) is 11.0. The highest BCUT2D eigenvalue weighted by Crippen LogP contribution is 2.43. The monoisotopic (exact) mass is 238 g/mol. The minimum atomic E-state index is -3.92. The first-order chi connectivity index (χ1) is 6.62. The summed E-state index contributed by atoms with van der Waals surface area (Å²) in [5, 5.41) is 0. The molecule has 0 bridgehead atoms. The van der Waals surface area contributed by atoms with E-state index in [4.69, 9.17) is 4.52 Å². The standard InChI is InChI=1S/C9H20NO4P/c1-9(2)8-14-15(11,12)13-7-6-10(3,4)5/h8H,6-7H2,1-5H3/p+1. The van der Waals surface area contributed by atoms with Gasteiger partial charge in [0.15, 0.2) is 0 Å². The molecule has 0 aromatic heterocycles. The second kappa shape index (κ2) is 5.66. The molecule has 0 amide bonds. The van der Waals surface area contributed by atoms with Gasteiger partial charge in [0.1, 0.15) is 13.2 Å². The third-order valence-electron chi connectivity index (χ3n) is 1.44. The highest BCUT2D eigenvalue weighted by Gasteiger charge is 2.22. The average molecular weight is 238 g/mol. The zero-order valence-electron chi connectivity index (χ0n) is 10.1. The second-order valence-corrected chi connectivity index (χ2v) is 6.02. The zero-order chi connectivity index (χ0) is 12.1. The van der Waals surface area contributed by atoms with Crippen LogP contribution in [0.3, 0.4) is 0 Å². The Morgan fingerprint density at radius 2 is 1.93 bits per heavy atom. The van der Waals surface area contributed by atoms with E-state index >= 15 is 0 Å². The fourth-order valence-electron chi connectivity index (χ4n) is 0.632. The first kappa shape index (κ1) is 14.6. The maximum absolute atomic E-state index is 11.3. The minimum absolute atomic E-state index is 0.188. The Balaban J connectivity index is 3.95. The van der Waals surface area contributed by atoms with Crippen molar-refractivity contribution < 1.29 is 23.0 Å². The summed E-state index contributed by atoms with van der Waals surface area (Å²) < 4.78 is 21.3. The predicted molar refractivity (Wildman–Crippen MR) is 59.2 cm³/mol. The van der Waals surface area contributed by atoms with Crippen LogP contribution in [0.1, 0.15) is 13.8 Å². The van der Waals surface area contributed by atoms with Gasteiger partial charge in [0, 0.05) is 0 Å². The molecule has 0 aromatic carbocycles. The van der Waals surface area contributed by atoms with E-state index in [-0.39, 0.29) is 6.61 Å². The molecule has 0 spiro atoms. The van der Waals surface area contributed by atoms with E-state index in [9.17, 15) is 9.46 Å². The normalized spacial score (nSPS) is 15.6. The summed E-state index contributed by atoms with van der Waals surface area (Å²) in [5.74, 6) is 0. The number of quaternary nitrogens is 1. The molecule has 0 fully saturated rings. The third kappa shape index (κ3) is 9.94. The number of likely N-dealkylation sites (N-methyl/N-ethyl adjacent to an activating group) is 1. The second-order valence-electron chi connectivity index (χ2n) is 4.62. The number of phosphoric acid groups is 1. The number of phosphoric ester groups is 1. The Morgan fingerprint density at radius 1 is 1.40 bits per heavy atom. The molecular formula is C9H21NO4P+. The number of hydrogen-bond donors (Lipinski definition) is 1. The minimum Gasteiger partial charge on any atom is -0.412 e. The molecular weight excluding hydrogens is 217 g/mol. The Kier molecular flexibility index (Phi) is 5.53. The smallest absolute Gasteiger partial charge is 0.412 e. The quantitative estimate of drug-likeness (QED) is 0.435. The van der Waals surface area contributed by atoms with Gasteiger partial charge in [0.05, 0.1) is 27.4 Å². The van der Waals surface area contributed by atoms with Crippen LogP contribution >= 0.6 is 7.82 Å². The van der Waals surface area contributed by atoms with Crippen LogP contribution in [0.5, 0.6) is 0 Å². The maximum atomic E-state index is 11.3. The Labute approximate surface area is 91.5 Å². The molecule has 0 radical (unpaired) electrons. The molecule has 6 heteroatoms. The lowest BCUT2D eigenvalue weighted by molar-refractivity contribution is -0.870. The van der Waals surface area contributed by atoms with Crippen LogP contribution in [0, 0.1) is 0 Å². The predicted octanol–water partition coefficient (Wildman–Crippen LogP) is 1.75. The van der Waals surface area contributed by atoms with E-state index in [0.717, 1.165) is 5.57 Å². The molecule has 1 unspecified atom stereocenters. The van der Waals surface area contributed by atoms with Crippen molar-refractivity contribution in [3.05, 3.63) is 11.8 Å². The van der Waals surface area contributed by atoms with E-state index in [1.807, 2.05) is 21.1 Å². The van der Waals surface area contributed by atoms with Gasteiger partial charge in [-0.1, -0.05) is 0 Å². The first-order valence-electron chi connectivity index (χ1n) is 4.72. The molecule has 0 heterocycles. The van der Waals surface area contributed by atoms with Gasteiger partial charge in [-0.3, -0.25) is 9.42 Å². The Bertz CT molecular complexity index is 266. The summed E-state index contributed by atoms with van der Waals surface area (Å²) in [7, 11) is 2.01. The summed E-state index contributed by atoms with van der Waals surface area (Å²) in [6.07, 6.45) is 1.23. The van der Waals surface area contributed by atoms with Crippen molar-refractivity contribution in [1.29, 1.82) is 0 Å². The van der Waals surface area contributed by atoms with Gasteiger partial charge in [-0.25, -0.2) is 4.57 Å². The van der Waals surface area contributed by atoms with Gasteiger partial charge in [-0.2, -0.15) is 0 Å². The van der Waals surface area contributed by atoms with Crippen molar-refractivity contribution >= 4 is 7.82 Å². The summed E-state index contributed by atoms with van der Waals surface area (Å²) in [6.45, 7) is 4.37. The van der Waals surface area contributed by atoms with Crippen LogP contribution in [-0.2, 0) is 13.6 Å². The lowest BCUT2D eigenvalue weighted by Gasteiger charge is -2.23. The van der Waals surface area contributed by atoms with Crippen molar-refractivity contribution in [2.24, 2.45) is 0 Å². The number of rotatable bonds is 6. The van der Waals surface area contributed by atoms with E-state index < -0.39 is 7.82 Å². The van der Waals surface area contributed by atoms with Crippen LogP contribution in [-0.4, -0.2) is 43.7 Å². The van der Waals surface area contributed by atoms with Crippen LogP contribution in [0.4, 0.5) is 0 Å². The molecule has 0 rings (SSSR count). The molecule has 1 atom stereocenters. The molecule has 0 saturated carbocycles. The highest BCUT2D eigenvalue weighted by molar-refractivity contribution is 7.47. The molecule has 5 nitrogen and oxygen atoms in total. The largest absolute Gasteiger partial charge is 0.527 e. The lowest BCUT2D eigenvalue weighted by Crippen LogP contribution is -2.37. The van der Waals surface area contributed by atoms with Crippen molar-refractivity contribution in [3.8, 4) is 0 Å². The Morgan fingerprint density at radius 3 is 2.33 bits per heavy atom. The molecule has 0 aromatic rings. The van der Waals surface area contributed by atoms with Gasteiger partial charge >= 0.3 is 7.82 Å². The molecule has 0 aliphatic carbocycles. The molecule has 90 valence electrons. The summed E-state index contributed by atoms with van der Waals surface area (Å²) in [6, 6.07) is 0. The van der Waals surface area contributed by atoms with E-state index in [0.29, 0.717) is 11.0 Å². The van der Waals surface area contributed by atoms with Crippen LogP contribution < -0.4 is 0 Å². The molecule has 1 N–H and O–H groups in total. The van der Waals surface area contributed by atoms with E-state index in [2.05, 4.69) is 4.52 Å². The highest BCUT2D eigenvalue weighted by atomic mass is 31.2. The van der Waals surface area contributed by atoms with Crippen molar-refractivity contribution in [1.82, 2.24) is 0 Å². The lowest BCUT2D eigenvalue weighted by atomic mass is 10.4. The van der Waals surface area contributed by atoms with Crippen LogP contribution in [0.25, 0.3) is 0 Å².